The average Bonchev–Trinajstić information content (AvgIpc) is 3.28. The molecule has 1 N–H and O–H groups in total. The summed E-state index contributed by atoms with van der Waals surface area (Å²) in [4.78, 5) is 12.9. The monoisotopic (exact) mass is 428 g/mol. The maximum atomic E-state index is 12.8. The number of benzene rings is 3. The summed E-state index contributed by atoms with van der Waals surface area (Å²) in [6, 6.07) is 18.2. The van der Waals surface area contributed by atoms with Crippen LogP contribution in [0.4, 0.5) is 0 Å². The van der Waals surface area contributed by atoms with Crippen molar-refractivity contribution < 1.29 is 13.2 Å². The molecule has 0 spiro atoms. The highest BCUT2D eigenvalue weighted by Gasteiger charge is 2.28. The van der Waals surface area contributed by atoms with Crippen molar-refractivity contribution >= 4 is 38.3 Å². The molecular weight excluding hydrogens is 408 g/mol. The minimum atomic E-state index is -3.61. The van der Waals surface area contributed by atoms with Gasteiger partial charge < -0.3 is 5.32 Å². The summed E-state index contributed by atoms with van der Waals surface area (Å²) in [5.74, 6) is -0.401. The van der Waals surface area contributed by atoms with Crippen LogP contribution in [-0.2, 0) is 16.6 Å². The first-order valence-corrected chi connectivity index (χ1v) is 11.3. The molecule has 1 heterocycles. The average molecular weight is 429 g/mol. The zero-order valence-electron chi connectivity index (χ0n) is 15.8. The van der Waals surface area contributed by atoms with E-state index in [-0.39, 0.29) is 15.5 Å². The minimum Gasteiger partial charge on any atom is -0.348 e. The SMILES string of the molecule is O=C(NCc1cccc2ccccc12)c1cc(S(=O)(=O)N2CCCC2)ccc1Cl. The number of nitrogens with one attached hydrogen (secondary N) is 1. The second-order valence-corrected chi connectivity index (χ2v) is 9.42. The first-order chi connectivity index (χ1) is 14.0. The fraction of sp³-hybridized carbons (Fsp3) is 0.227. The second kappa shape index (κ2) is 8.14. The van der Waals surface area contributed by atoms with E-state index in [9.17, 15) is 13.2 Å². The van der Waals surface area contributed by atoms with E-state index in [1.807, 2.05) is 42.5 Å². The molecular formula is C22H21ClN2O3S. The van der Waals surface area contributed by atoms with Crippen LogP contribution in [0.1, 0.15) is 28.8 Å². The zero-order chi connectivity index (χ0) is 20.4. The predicted molar refractivity (Wildman–Crippen MR) is 115 cm³/mol. The number of carbonyl (C=O) groups excluding carboxylic acids is 1. The maximum Gasteiger partial charge on any atom is 0.253 e. The van der Waals surface area contributed by atoms with Crippen molar-refractivity contribution in [1.29, 1.82) is 0 Å². The van der Waals surface area contributed by atoms with E-state index in [1.165, 1.54) is 22.5 Å². The van der Waals surface area contributed by atoms with Gasteiger partial charge in [-0.1, -0.05) is 54.1 Å². The molecule has 1 aliphatic rings. The third-order valence-electron chi connectivity index (χ3n) is 5.20. The Balaban J connectivity index is 1.57. The Morgan fingerprint density at radius 1 is 1.00 bits per heavy atom. The van der Waals surface area contributed by atoms with E-state index in [0.717, 1.165) is 29.2 Å². The van der Waals surface area contributed by atoms with Crippen molar-refractivity contribution in [3.8, 4) is 0 Å². The fourth-order valence-corrected chi connectivity index (χ4v) is 5.38. The fourth-order valence-electron chi connectivity index (χ4n) is 3.63. The highest BCUT2D eigenvalue weighted by atomic mass is 35.5. The van der Waals surface area contributed by atoms with Gasteiger partial charge in [-0.25, -0.2) is 8.42 Å². The van der Waals surface area contributed by atoms with Crippen LogP contribution in [0, 0.1) is 0 Å². The van der Waals surface area contributed by atoms with Crippen LogP contribution in [0.2, 0.25) is 5.02 Å². The molecule has 0 atom stereocenters. The van der Waals surface area contributed by atoms with Gasteiger partial charge in [0.1, 0.15) is 0 Å². The van der Waals surface area contributed by atoms with Gasteiger partial charge in [0.15, 0.2) is 0 Å². The Morgan fingerprint density at radius 2 is 1.72 bits per heavy atom. The van der Waals surface area contributed by atoms with Crippen molar-refractivity contribution in [2.45, 2.75) is 24.3 Å². The Kier molecular flexibility index (Phi) is 5.58. The summed E-state index contributed by atoms with van der Waals surface area (Å²) in [5, 5.41) is 5.24. The number of hydrogen-bond acceptors (Lipinski definition) is 3. The highest BCUT2D eigenvalue weighted by molar-refractivity contribution is 7.89. The molecule has 1 fully saturated rings. The first-order valence-electron chi connectivity index (χ1n) is 9.51. The molecule has 3 aromatic carbocycles. The van der Waals surface area contributed by atoms with Crippen LogP contribution in [0.3, 0.4) is 0 Å². The highest BCUT2D eigenvalue weighted by Crippen LogP contribution is 2.25. The van der Waals surface area contributed by atoms with Crippen LogP contribution < -0.4 is 5.32 Å². The molecule has 1 saturated heterocycles. The smallest absolute Gasteiger partial charge is 0.253 e. The van der Waals surface area contributed by atoms with Crippen LogP contribution in [0.25, 0.3) is 10.8 Å². The lowest BCUT2D eigenvalue weighted by Gasteiger charge is -2.16. The lowest BCUT2D eigenvalue weighted by Crippen LogP contribution is -2.28. The van der Waals surface area contributed by atoms with Crippen LogP contribution in [0.15, 0.2) is 65.6 Å². The van der Waals surface area contributed by atoms with E-state index in [4.69, 9.17) is 11.6 Å². The molecule has 3 aromatic rings. The van der Waals surface area contributed by atoms with Gasteiger partial charge in [0.25, 0.3) is 5.91 Å². The molecule has 0 saturated carbocycles. The van der Waals surface area contributed by atoms with Crippen molar-refractivity contribution in [3.05, 3.63) is 76.8 Å². The number of rotatable bonds is 5. The van der Waals surface area contributed by atoms with Crippen LogP contribution in [0.5, 0.6) is 0 Å². The van der Waals surface area contributed by atoms with Gasteiger partial charge in [-0.3, -0.25) is 4.79 Å². The maximum absolute atomic E-state index is 12.8. The molecule has 7 heteroatoms. The number of amides is 1. The zero-order valence-corrected chi connectivity index (χ0v) is 17.3. The lowest BCUT2D eigenvalue weighted by molar-refractivity contribution is 0.0951. The molecule has 150 valence electrons. The molecule has 0 unspecified atom stereocenters. The number of nitrogens with zero attached hydrogens (tertiary/aromatic N) is 1. The van der Waals surface area contributed by atoms with Crippen molar-refractivity contribution in [1.82, 2.24) is 9.62 Å². The van der Waals surface area contributed by atoms with E-state index < -0.39 is 15.9 Å². The lowest BCUT2D eigenvalue weighted by atomic mass is 10.0. The first kappa shape index (κ1) is 19.9. The molecule has 1 aliphatic heterocycles. The Bertz CT molecular complexity index is 1170. The van der Waals surface area contributed by atoms with Crippen molar-refractivity contribution in [3.63, 3.8) is 0 Å². The molecule has 4 rings (SSSR count). The second-order valence-electron chi connectivity index (χ2n) is 7.07. The van der Waals surface area contributed by atoms with E-state index in [2.05, 4.69) is 5.32 Å². The van der Waals surface area contributed by atoms with E-state index >= 15 is 0 Å². The van der Waals surface area contributed by atoms with Crippen LogP contribution >= 0.6 is 11.6 Å². The van der Waals surface area contributed by atoms with E-state index in [0.29, 0.717) is 19.6 Å². The summed E-state index contributed by atoms with van der Waals surface area (Å²) < 4.78 is 27.0. The van der Waals surface area contributed by atoms with Gasteiger partial charge in [0, 0.05) is 19.6 Å². The number of hydrogen-bond donors (Lipinski definition) is 1. The van der Waals surface area contributed by atoms with Gasteiger partial charge in [0.05, 0.1) is 15.5 Å². The predicted octanol–water partition coefficient (Wildman–Crippen LogP) is 4.21. The molecule has 0 radical (unpaired) electrons. The van der Waals surface area contributed by atoms with Gasteiger partial charge >= 0.3 is 0 Å². The molecule has 5 nitrogen and oxygen atoms in total. The minimum absolute atomic E-state index is 0.0964. The molecule has 0 bridgehead atoms. The van der Waals surface area contributed by atoms with E-state index in [1.54, 1.807) is 0 Å². The Hall–Kier alpha value is -2.41. The number of fused-ring (bicyclic) bond motifs is 1. The normalized spacial score (nSPS) is 14.9. The third-order valence-corrected chi connectivity index (χ3v) is 7.43. The topological polar surface area (TPSA) is 66.5 Å². The van der Waals surface area contributed by atoms with Gasteiger partial charge in [0.2, 0.25) is 10.0 Å². The van der Waals surface area contributed by atoms with Crippen molar-refractivity contribution in [2.75, 3.05) is 13.1 Å². The van der Waals surface area contributed by atoms with Gasteiger partial charge in [-0.15, -0.1) is 0 Å². The quantitative estimate of drug-likeness (QED) is 0.662. The summed E-state index contributed by atoms with van der Waals surface area (Å²) in [7, 11) is -3.61. The third kappa shape index (κ3) is 4.01. The van der Waals surface area contributed by atoms with Crippen molar-refractivity contribution in [2.24, 2.45) is 0 Å². The number of sulfonamides is 1. The Morgan fingerprint density at radius 3 is 2.52 bits per heavy atom. The Labute approximate surface area is 175 Å². The van der Waals surface area contributed by atoms with Gasteiger partial charge in [-0.2, -0.15) is 4.31 Å². The number of carbonyl (C=O) groups is 1. The largest absolute Gasteiger partial charge is 0.348 e. The number of halogens is 1. The summed E-state index contributed by atoms with van der Waals surface area (Å²) in [6.07, 6.45) is 1.70. The van der Waals surface area contributed by atoms with Crippen LogP contribution in [-0.4, -0.2) is 31.7 Å². The molecule has 29 heavy (non-hydrogen) atoms. The standard InChI is InChI=1S/C22H21ClN2O3S/c23-21-11-10-18(29(27,28)25-12-3-4-13-25)14-20(21)22(26)24-15-17-8-5-7-16-6-1-2-9-19(16)17/h1-2,5-11,14H,3-4,12-13,15H2,(H,24,26). The summed E-state index contributed by atoms with van der Waals surface area (Å²) in [6.45, 7) is 1.33. The molecule has 1 amide bonds. The van der Waals surface area contributed by atoms with Gasteiger partial charge in [-0.05, 0) is 47.4 Å². The summed E-state index contributed by atoms with van der Waals surface area (Å²) >= 11 is 6.21. The summed E-state index contributed by atoms with van der Waals surface area (Å²) in [5.41, 5.74) is 1.14. The molecule has 0 aliphatic carbocycles. The molecule has 0 aromatic heterocycles.